The minimum Gasteiger partial charge on any atom is -0.367 e. The summed E-state index contributed by atoms with van der Waals surface area (Å²) in [7, 11) is 3.94. The summed E-state index contributed by atoms with van der Waals surface area (Å²) < 4.78 is 27.2. The second kappa shape index (κ2) is 12.0. The molecule has 0 bridgehead atoms. The Balaban J connectivity index is 0.00000320. The van der Waals surface area contributed by atoms with Crippen LogP contribution < -0.4 is 15.5 Å². The summed E-state index contributed by atoms with van der Waals surface area (Å²) in [4.78, 5) is 11.2. The second-order valence-electron chi connectivity index (χ2n) is 8.33. The Kier molecular flexibility index (Phi) is 10.0. The molecule has 2 saturated heterocycles. The number of aliphatic imine (C=N–C) groups is 1. The van der Waals surface area contributed by atoms with Gasteiger partial charge in [-0.1, -0.05) is 6.92 Å². The third-order valence-electron chi connectivity index (χ3n) is 5.79. The lowest BCUT2D eigenvalue weighted by Crippen LogP contribution is -2.49. The molecule has 2 aliphatic heterocycles. The highest BCUT2D eigenvalue weighted by Crippen LogP contribution is 2.24. The third kappa shape index (κ3) is 7.19. The first-order chi connectivity index (χ1) is 13.9. The molecule has 2 unspecified atom stereocenters. The quantitative estimate of drug-likeness (QED) is 0.332. The van der Waals surface area contributed by atoms with Crippen LogP contribution in [-0.2, 0) is 0 Å². The zero-order valence-corrected chi connectivity index (χ0v) is 20.5. The van der Waals surface area contributed by atoms with E-state index < -0.39 is 11.6 Å². The molecule has 2 atom stereocenters. The Hall–Kier alpha value is -1.20. The van der Waals surface area contributed by atoms with Crippen molar-refractivity contribution in [2.45, 2.75) is 19.4 Å². The highest BCUT2D eigenvalue weighted by Gasteiger charge is 2.25. The zero-order chi connectivity index (χ0) is 20.8. The van der Waals surface area contributed by atoms with Crippen LogP contribution in [0.5, 0.6) is 0 Å². The maximum Gasteiger partial charge on any atom is 0.191 e. The van der Waals surface area contributed by atoms with Crippen molar-refractivity contribution in [3.8, 4) is 0 Å². The number of likely N-dealkylation sites (N-methyl/N-ethyl adjacent to an activating group) is 1. The van der Waals surface area contributed by atoms with E-state index in [1.54, 1.807) is 7.05 Å². The summed E-state index contributed by atoms with van der Waals surface area (Å²) in [6.45, 7) is 10.1. The van der Waals surface area contributed by atoms with Gasteiger partial charge in [-0.25, -0.2) is 8.78 Å². The van der Waals surface area contributed by atoms with Crippen LogP contribution in [-0.4, -0.2) is 88.3 Å². The second-order valence-corrected chi connectivity index (χ2v) is 8.33. The molecule has 2 fully saturated rings. The van der Waals surface area contributed by atoms with Crippen molar-refractivity contribution in [3.05, 3.63) is 29.8 Å². The fourth-order valence-corrected chi connectivity index (χ4v) is 4.03. The standard InChI is InChI=1S/C21H34F2N6.HI/c1-16(14-28-10-8-27(3)9-11-28)13-25-21(24-2)26-18-6-7-29(15-18)20-5-4-17(22)12-19(20)23;/h4-5,12,16,18H,6-11,13-15H2,1-3H3,(H2,24,25,26);1H. The fourth-order valence-electron chi connectivity index (χ4n) is 4.03. The molecule has 30 heavy (non-hydrogen) atoms. The highest BCUT2D eigenvalue weighted by molar-refractivity contribution is 14.0. The average Bonchev–Trinajstić information content (AvgIpc) is 3.15. The van der Waals surface area contributed by atoms with Crippen molar-refractivity contribution in [1.29, 1.82) is 0 Å². The van der Waals surface area contributed by atoms with E-state index in [9.17, 15) is 8.78 Å². The Morgan fingerprint density at radius 2 is 1.93 bits per heavy atom. The number of rotatable bonds is 6. The van der Waals surface area contributed by atoms with Crippen molar-refractivity contribution in [2.24, 2.45) is 10.9 Å². The number of piperazine rings is 1. The number of halogens is 3. The van der Waals surface area contributed by atoms with Gasteiger partial charge in [0.2, 0.25) is 0 Å². The fraction of sp³-hybridized carbons (Fsp3) is 0.667. The lowest BCUT2D eigenvalue weighted by atomic mass is 10.1. The summed E-state index contributed by atoms with van der Waals surface area (Å²) in [6.07, 6.45) is 0.883. The van der Waals surface area contributed by atoms with Gasteiger partial charge in [-0.05, 0) is 31.5 Å². The third-order valence-corrected chi connectivity index (χ3v) is 5.79. The van der Waals surface area contributed by atoms with Gasteiger partial charge in [0, 0.05) is 71.5 Å². The number of benzene rings is 1. The number of nitrogens with zero attached hydrogens (tertiary/aromatic N) is 4. The Morgan fingerprint density at radius 3 is 2.60 bits per heavy atom. The largest absolute Gasteiger partial charge is 0.367 e. The average molecular weight is 536 g/mol. The van der Waals surface area contributed by atoms with E-state index in [0.717, 1.165) is 64.3 Å². The van der Waals surface area contributed by atoms with E-state index in [1.165, 1.54) is 12.1 Å². The molecule has 0 amide bonds. The minimum absolute atomic E-state index is 0. The topological polar surface area (TPSA) is 46.1 Å². The van der Waals surface area contributed by atoms with Crippen LogP contribution >= 0.6 is 24.0 Å². The van der Waals surface area contributed by atoms with Crippen molar-refractivity contribution in [1.82, 2.24) is 20.4 Å². The number of nitrogens with one attached hydrogen (secondary N) is 2. The maximum absolute atomic E-state index is 14.0. The molecular weight excluding hydrogens is 501 g/mol. The Labute approximate surface area is 196 Å². The lowest BCUT2D eigenvalue weighted by molar-refractivity contribution is 0.139. The van der Waals surface area contributed by atoms with Crippen LogP contribution in [0.4, 0.5) is 14.5 Å². The molecule has 170 valence electrons. The van der Waals surface area contributed by atoms with Gasteiger partial charge in [0.05, 0.1) is 5.69 Å². The van der Waals surface area contributed by atoms with Crippen molar-refractivity contribution >= 4 is 35.6 Å². The number of hydrogen-bond donors (Lipinski definition) is 2. The van der Waals surface area contributed by atoms with Gasteiger partial charge in [0.25, 0.3) is 0 Å². The molecule has 0 aromatic heterocycles. The van der Waals surface area contributed by atoms with E-state index in [2.05, 4.69) is 39.4 Å². The maximum atomic E-state index is 14.0. The first-order valence-electron chi connectivity index (χ1n) is 10.5. The van der Waals surface area contributed by atoms with Gasteiger partial charge in [0.15, 0.2) is 5.96 Å². The first-order valence-corrected chi connectivity index (χ1v) is 10.5. The Bertz CT molecular complexity index is 696. The van der Waals surface area contributed by atoms with Gasteiger partial charge in [-0.2, -0.15) is 0 Å². The van der Waals surface area contributed by atoms with E-state index in [0.29, 0.717) is 18.2 Å². The molecule has 2 N–H and O–H groups in total. The molecule has 0 aliphatic carbocycles. The monoisotopic (exact) mass is 536 g/mol. The van der Waals surface area contributed by atoms with Crippen LogP contribution in [0.2, 0.25) is 0 Å². The van der Waals surface area contributed by atoms with Gasteiger partial charge in [-0.15, -0.1) is 24.0 Å². The number of guanidine groups is 1. The first kappa shape index (κ1) is 25.1. The van der Waals surface area contributed by atoms with Crippen molar-refractivity contribution in [2.75, 3.05) is 71.4 Å². The molecule has 2 aliphatic rings. The minimum atomic E-state index is -0.546. The molecule has 3 rings (SSSR count). The SMILES string of the molecule is CN=C(NCC(C)CN1CCN(C)CC1)NC1CCN(c2ccc(F)cc2F)C1.I. The predicted octanol–water partition coefficient (Wildman–Crippen LogP) is 2.21. The molecule has 0 saturated carbocycles. The molecule has 1 aromatic carbocycles. The van der Waals surface area contributed by atoms with Crippen LogP contribution in [0.25, 0.3) is 0 Å². The summed E-state index contributed by atoms with van der Waals surface area (Å²) in [5.41, 5.74) is 0.458. The normalized spacial score (nSPS) is 22.0. The van der Waals surface area contributed by atoms with E-state index >= 15 is 0 Å². The van der Waals surface area contributed by atoms with E-state index in [4.69, 9.17) is 0 Å². The molecular formula is C21H35F2IN6. The molecule has 2 heterocycles. The van der Waals surface area contributed by atoms with Crippen molar-refractivity contribution < 1.29 is 8.78 Å². The van der Waals surface area contributed by atoms with Gasteiger partial charge >= 0.3 is 0 Å². The van der Waals surface area contributed by atoms with Crippen LogP contribution in [0, 0.1) is 17.6 Å². The van der Waals surface area contributed by atoms with Gasteiger partial charge in [-0.3, -0.25) is 4.99 Å². The number of anilines is 1. The summed E-state index contributed by atoms with van der Waals surface area (Å²) >= 11 is 0. The molecule has 6 nitrogen and oxygen atoms in total. The lowest BCUT2D eigenvalue weighted by Gasteiger charge is -2.34. The summed E-state index contributed by atoms with van der Waals surface area (Å²) in [5, 5.41) is 6.87. The van der Waals surface area contributed by atoms with E-state index in [1.807, 2.05) is 4.90 Å². The summed E-state index contributed by atoms with van der Waals surface area (Å²) in [5.74, 6) is 0.244. The Morgan fingerprint density at radius 1 is 1.20 bits per heavy atom. The highest BCUT2D eigenvalue weighted by atomic mass is 127. The predicted molar refractivity (Wildman–Crippen MR) is 130 cm³/mol. The molecule has 1 aromatic rings. The number of hydrogen-bond acceptors (Lipinski definition) is 4. The molecule has 0 radical (unpaired) electrons. The van der Waals surface area contributed by atoms with Crippen LogP contribution in [0.1, 0.15) is 13.3 Å². The summed E-state index contributed by atoms with van der Waals surface area (Å²) in [6, 6.07) is 3.94. The van der Waals surface area contributed by atoms with Gasteiger partial charge in [0.1, 0.15) is 11.6 Å². The molecule has 0 spiro atoms. The van der Waals surface area contributed by atoms with Crippen LogP contribution in [0.15, 0.2) is 23.2 Å². The molecule has 9 heteroatoms. The van der Waals surface area contributed by atoms with Gasteiger partial charge < -0.3 is 25.3 Å². The smallest absolute Gasteiger partial charge is 0.191 e. The van der Waals surface area contributed by atoms with Crippen molar-refractivity contribution in [3.63, 3.8) is 0 Å². The van der Waals surface area contributed by atoms with Crippen LogP contribution in [0.3, 0.4) is 0 Å². The van der Waals surface area contributed by atoms with E-state index in [-0.39, 0.29) is 30.0 Å². The zero-order valence-electron chi connectivity index (χ0n) is 18.2.